The molecule has 0 aliphatic heterocycles. The van der Waals surface area contributed by atoms with E-state index in [1.807, 2.05) is 0 Å². The molecule has 0 saturated carbocycles. The van der Waals surface area contributed by atoms with E-state index in [-0.39, 0.29) is 6.42 Å². The minimum atomic E-state index is -0.937. The first-order valence-corrected chi connectivity index (χ1v) is 4.63. The van der Waals surface area contributed by atoms with Gasteiger partial charge in [0.2, 0.25) is 0 Å². The minimum Gasteiger partial charge on any atom is -0.481 e. The van der Waals surface area contributed by atoms with Crippen LogP contribution in [0.1, 0.15) is 5.56 Å². The molecule has 0 amide bonds. The number of hydrogen-bond donors (Lipinski definition) is 2. The molecule has 70 valence electrons. The molecule has 0 aliphatic carbocycles. The largest absolute Gasteiger partial charge is 0.481 e. The van der Waals surface area contributed by atoms with E-state index < -0.39 is 5.97 Å². The summed E-state index contributed by atoms with van der Waals surface area (Å²) in [6, 6.07) is 3.21. The molecule has 5 heteroatoms. The maximum Gasteiger partial charge on any atom is 0.307 e. The maximum atomic E-state index is 10.5. The summed E-state index contributed by atoms with van der Waals surface area (Å²) >= 11 is 8.98. The van der Waals surface area contributed by atoms with Crippen molar-refractivity contribution in [2.75, 3.05) is 5.73 Å². The van der Waals surface area contributed by atoms with Crippen molar-refractivity contribution < 1.29 is 9.90 Å². The first kappa shape index (κ1) is 10.3. The average molecular weight is 265 g/mol. The number of benzene rings is 1. The molecule has 1 aromatic rings. The highest BCUT2D eigenvalue weighted by Crippen LogP contribution is 2.30. The van der Waals surface area contributed by atoms with Crippen molar-refractivity contribution in [2.24, 2.45) is 0 Å². The molecule has 0 spiro atoms. The minimum absolute atomic E-state index is 0.134. The lowest BCUT2D eigenvalue weighted by atomic mass is 10.1. The lowest BCUT2D eigenvalue weighted by molar-refractivity contribution is -0.136. The molecule has 1 rings (SSSR count). The van der Waals surface area contributed by atoms with Gasteiger partial charge in [-0.3, -0.25) is 4.79 Å². The van der Waals surface area contributed by atoms with Crippen LogP contribution in [0.15, 0.2) is 16.6 Å². The fourth-order valence-electron chi connectivity index (χ4n) is 0.929. The SMILES string of the molecule is Nc1ccc(Cl)c(CC(=O)O)c1Br. The molecule has 0 atom stereocenters. The molecule has 0 heterocycles. The summed E-state index contributed by atoms with van der Waals surface area (Å²) in [4.78, 5) is 10.5. The van der Waals surface area contributed by atoms with Gasteiger partial charge in [0.05, 0.1) is 6.42 Å². The molecule has 1 aromatic carbocycles. The van der Waals surface area contributed by atoms with Gasteiger partial charge in [0.15, 0.2) is 0 Å². The van der Waals surface area contributed by atoms with Crippen LogP contribution in [0.25, 0.3) is 0 Å². The Kier molecular flexibility index (Phi) is 3.17. The molecule has 0 aliphatic rings. The topological polar surface area (TPSA) is 63.3 Å². The number of carboxylic acids is 1. The highest BCUT2D eigenvalue weighted by molar-refractivity contribution is 9.10. The van der Waals surface area contributed by atoms with Crippen molar-refractivity contribution in [3.63, 3.8) is 0 Å². The third kappa shape index (κ3) is 2.35. The van der Waals surface area contributed by atoms with Gasteiger partial charge in [-0.2, -0.15) is 0 Å². The van der Waals surface area contributed by atoms with E-state index >= 15 is 0 Å². The Bertz CT molecular complexity index is 354. The van der Waals surface area contributed by atoms with E-state index in [4.69, 9.17) is 22.4 Å². The third-order valence-corrected chi connectivity index (χ3v) is 2.83. The Labute approximate surface area is 88.6 Å². The van der Waals surface area contributed by atoms with Crippen LogP contribution in [0.2, 0.25) is 5.02 Å². The second kappa shape index (κ2) is 3.98. The Balaban J connectivity index is 3.17. The number of hydrogen-bond acceptors (Lipinski definition) is 2. The van der Waals surface area contributed by atoms with Gasteiger partial charge in [-0.05, 0) is 33.6 Å². The lowest BCUT2D eigenvalue weighted by Crippen LogP contribution is -2.03. The van der Waals surface area contributed by atoms with Crippen LogP contribution in [0.3, 0.4) is 0 Å². The molecule has 0 fully saturated rings. The smallest absolute Gasteiger partial charge is 0.307 e. The summed E-state index contributed by atoms with van der Waals surface area (Å²) in [6.07, 6.45) is -0.134. The first-order chi connectivity index (χ1) is 6.02. The van der Waals surface area contributed by atoms with Crippen LogP contribution in [-0.2, 0) is 11.2 Å². The summed E-state index contributed by atoms with van der Waals surface area (Å²) in [7, 11) is 0. The average Bonchev–Trinajstić information content (AvgIpc) is 2.05. The molecule has 0 radical (unpaired) electrons. The summed E-state index contributed by atoms with van der Waals surface area (Å²) in [5, 5.41) is 8.99. The van der Waals surface area contributed by atoms with Crippen LogP contribution >= 0.6 is 27.5 Å². The van der Waals surface area contributed by atoms with Crippen LogP contribution in [0.5, 0.6) is 0 Å². The summed E-state index contributed by atoms with van der Waals surface area (Å²) < 4.78 is 0.558. The standard InChI is InChI=1S/C8H7BrClNO2/c9-8-4(3-7(12)13)5(10)1-2-6(8)11/h1-2H,3,11H2,(H,12,13). The Hall–Kier alpha value is -0.740. The van der Waals surface area contributed by atoms with Crippen molar-refractivity contribution in [3.05, 3.63) is 27.2 Å². The number of nitrogens with two attached hydrogens (primary N) is 1. The van der Waals surface area contributed by atoms with Crippen LogP contribution in [-0.4, -0.2) is 11.1 Å². The molecule has 0 unspecified atom stereocenters. The van der Waals surface area contributed by atoms with Gasteiger partial charge in [-0.25, -0.2) is 0 Å². The Morgan fingerprint density at radius 2 is 2.23 bits per heavy atom. The van der Waals surface area contributed by atoms with E-state index in [0.29, 0.717) is 20.7 Å². The zero-order chi connectivity index (χ0) is 10.0. The number of rotatable bonds is 2. The molecule has 0 saturated heterocycles. The van der Waals surface area contributed by atoms with Gasteiger partial charge in [0.25, 0.3) is 0 Å². The summed E-state index contributed by atoms with van der Waals surface area (Å²) in [6.45, 7) is 0. The number of halogens is 2. The zero-order valence-electron chi connectivity index (χ0n) is 6.55. The first-order valence-electron chi connectivity index (χ1n) is 3.46. The number of carboxylic acid groups (broad SMARTS) is 1. The molecular weight excluding hydrogens is 257 g/mol. The Morgan fingerprint density at radius 3 is 2.77 bits per heavy atom. The van der Waals surface area contributed by atoms with Crippen molar-refractivity contribution in [1.82, 2.24) is 0 Å². The fourth-order valence-corrected chi connectivity index (χ4v) is 1.75. The molecule has 3 N–H and O–H groups in total. The van der Waals surface area contributed by atoms with Crippen molar-refractivity contribution in [1.29, 1.82) is 0 Å². The second-order valence-electron chi connectivity index (χ2n) is 2.50. The van der Waals surface area contributed by atoms with Gasteiger partial charge >= 0.3 is 5.97 Å². The quantitative estimate of drug-likeness (QED) is 0.806. The van der Waals surface area contributed by atoms with Gasteiger partial charge in [-0.1, -0.05) is 11.6 Å². The summed E-state index contributed by atoms with van der Waals surface area (Å²) in [5.74, 6) is -0.937. The zero-order valence-corrected chi connectivity index (χ0v) is 8.89. The van der Waals surface area contributed by atoms with E-state index in [0.717, 1.165) is 0 Å². The Morgan fingerprint density at radius 1 is 1.62 bits per heavy atom. The van der Waals surface area contributed by atoms with Gasteiger partial charge < -0.3 is 10.8 Å². The van der Waals surface area contributed by atoms with Crippen LogP contribution < -0.4 is 5.73 Å². The highest BCUT2D eigenvalue weighted by Gasteiger charge is 2.11. The van der Waals surface area contributed by atoms with Crippen LogP contribution in [0.4, 0.5) is 5.69 Å². The van der Waals surface area contributed by atoms with E-state index in [2.05, 4.69) is 15.9 Å². The number of nitrogen functional groups attached to an aromatic ring is 1. The molecule has 13 heavy (non-hydrogen) atoms. The fraction of sp³-hybridized carbons (Fsp3) is 0.125. The maximum absolute atomic E-state index is 10.5. The molecule has 3 nitrogen and oxygen atoms in total. The molecule has 0 bridgehead atoms. The van der Waals surface area contributed by atoms with E-state index in [9.17, 15) is 4.79 Å². The second-order valence-corrected chi connectivity index (χ2v) is 3.70. The van der Waals surface area contributed by atoms with Crippen molar-refractivity contribution in [3.8, 4) is 0 Å². The molecular formula is C8H7BrClNO2. The predicted octanol–water partition coefficient (Wildman–Crippen LogP) is 2.31. The van der Waals surface area contributed by atoms with Crippen LogP contribution in [0, 0.1) is 0 Å². The van der Waals surface area contributed by atoms with Gasteiger partial charge in [-0.15, -0.1) is 0 Å². The van der Waals surface area contributed by atoms with Crippen molar-refractivity contribution >= 4 is 39.2 Å². The summed E-state index contributed by atoms with van der Waals surface area (Å²) in [5.41, 5.74) is 6.56. The normalized spacial score (nSPS) is 10.0. The number of aliphatic carboxylic acids is 1. The van der Waals surface area contributed by atoms with Crippen molar-refractivity contribution in [2.45, 2.75) is 6.42 Å². The highest BCUT2D eigenvalue weighted by atomic mass is 79.9. The third-order valence-electron chi connectivity index (χ3n) is 1.54. The van der Waals surface area contributed by atoms with E-state index in [1.165, 1.54) is 0 Å². The number of carbonyl (C=O) groups is 1. The molecule has 0 aromatic heterocycles. The monoisotopic (exact) mass is 263 g/mol. The predicted molar refractivity (Wildman–Crippen MR) is 54.9 cm³/mol. The van der Waals surface area contributed by atoms with E-state index in [1.54, 1.807) is 12.1 Å². The number of anilines is 1. The van der Waals surface area contributed by atoms with Gasteiger partial charge in [0.1, 0.15) is 0 Å². The van der Waals surface area contributed by atoms with Gasteiger partial charge in [0, 0.05) is 15.2 Å². The lowest BCUT2D eigenvalue weighted by Gasteiger charge is -2.06.